The summed E-state index contributed by atoms with van der Waals surface area (Å²) in [5, 5.41) is 5.49. The third kappa shape index (κ3) is 5.93. The molecule has 4 rings (SSSR count). The summed E-state index contributed by atoms with van der Waals surface area (Å²) in [6.07, 6.45) is 1.51. The third-order valence-electron chi connectivity index (χ3n) is 6.20. The Kier molecular flexibility index (Phi) is 8.60. The summed E-state index contributed by atoms with van der Waals surface area (Å²) in [6, 6.07) is 14.8. The largest absolute Gasteiger partial charge is 0.496 e. The van der Waals surface area contributed by atoms with Crippen molar-refractivity contribution in [3.8, 4) is 28.6 Å². The predicted octanol–water partition coefficient (Wildman–Crippen LogP) is 7.23. The lowest BCUT2D eigenvalue weighted by Gasteiger charge is -2.18. The molecular formula is C31H34ClN3O4. The van der Waals surface area contributed by atoms with Gasteiger partial charge in [0.1, 0.15) is 5.75 Å². The van der Waals surface area contributed by atoms with Crippen molar-refractivity contribution in [1.29, 1.82) is 0 Å². The number of benzene rings is 3. The second kappa shape index (κ2) is 11.9. The van der Waals surface area contributed by atoms with Crippen molar-refractivity contribution in [1.82, 2.24) is 9.66 Å². The molecule has 0 aliphatic heterocycles. The fourth-order valence-electron chi connectivity index (χ4n) is 4.37. The van der Waals surface area contributed by atoms with Gasteiger partial charge >= 0.3 is 0 Å². The van der Waals surface area contributed by atoms with Crippen molar-refractivity contribution in [2.45, 2.75) is 53.6 Å². The van der Waals surface area contributed by atoms with E-state index in [1.54, 1.807) is 31.5 Å². The standard InChI is InChI=1S/C31H34ClN3O4/c1-8-38-28-15-21(14-25(32)29(28)39-19(4)5)17-33-35-30(34-26-12-10-9-11-22(26)31(35)36)24-16-23(18(2)3)27(37-7)13-20(24)6/h9-19H,8H2,1-7H3. The number of aryl methyl sites for hydroxylation is 1. The molecule has 0 saturated carbocycles. The number of hydrogen-bond donors (Lipinski definition) is 0. The highest BCUT2D eigenvalue weighted by Crippen LogP contribution is 2.37. The number of fused-ring (bicyclic) bond motifs is 1. The zero-order chi connectivity index (χ0) is 28.3. The fourth-order valence-corrected chi connectivity index (χ4v) is 4.64. The van der Waals surface area contributed by atoms with Gasteiger partial charge in [0.15, 0.2) is 17.3 Å². The van der Waals surface area contributed by atoms with Crippen molar-refractivity contribution >= 4 is 28.7 Å². The first-order valence-corrected chi connectivity index (χ1v) is 13.4. The summed E-state index contributed by atoms with van der Waals surface area (Å²) in [7, 11) is 1.66. The Morgan fingerprint density at radius 3 is 2.49 bits per heavy atom. The molecule has 0 atom stereocenters. The molecule has 0 amide bonds. The van der Waals surface area contributed by atoms with Gasteiger partial charge in [-0.05, 0) is 86.7 Å². The molecule has 204 valence electrons. The highest BCUT2D eigenvalue weighted by Gasteiger charge is 2.19. The molecule has 0 unspecified atom stereocenters. The summed E-state index contributed by atoms with van der Waals surface area (Å²) in [4.78, 5) is 18.6. The lowest BCUT2D eigenvalue weighted by Crippen LogP contribution is -2.21. The minimum atomic E-state index is -0.274. The van der Waals surface area contributed by atoms with Gasteiger partial charge in [-0.25, -0.2) is 4.98 Å². The molecule has 39 heavy (non-hydrogen) atoms. The van der Waals surface area contributed by atoms with E-state index in [-0.39, 0.29) is 17.6 Å². The number of methoxy groups -OCH3 is 1. The molecule has 0 aliphatic carbocycles. The van der Waals surface area contributed by atoms with Crippen LogP contribution < -0.4 is 19.8 Å². The average Bonchev–Trinajstić information content (AvgIpc) is 2.89. The monoisotopic (exact) mass is 547 g/mol. The lowest BCUT2D eigenvalue weighted by atomic mass is 9.96. The maximum atomic E-state index is 13.7. The Hall–Kier alpha value is -3.84. The van der Waals surface area contributed by atoms with Crippen molar-refractivity contribution in [2.75, 3.05) is 13.7 Å². The minimum Gasteiger partial charge on any atom is -0.496 e. The van der Waals surface area contributed by atoms with Crippen LogP contribution >= 0.6 is 11.6 Å². The predicted molar refractivity (Wildman–Crippen MR) is 158 cm³/mol. The highest BCUT2D eigenvalue weighted by molar-refractivity contribution is 6.32. The Morgan fingerprint density at radius 1 is 1.08 bits per heavy atom. The molecule has 1 aromatic heterocycles. The van der Waals surface area contributed by atoms with E-state index in [2.05, 4.69) is 18.9 Å². The van der Waals surface area contributed by atoms with E-state index in [4.69, 9.17) is 30.8 Å². The molecule has 8 heteroatoms. The Bertz CT molecular complexity index is 1590. The van der Waals surface area contributed by atoms with E-state index in [0.29, 0.717) is 45.4 Å². The maximum Gasteiger partial charge on any atom is 0.282 e. The molecule has 1 heterocycles. The number of rotatable bonds is 9. The van der Waals surface area contributed by atoms with Crippen molar-refractivity contribution < 1.29 is 14.2 Å². The summed E-state index contributed by atoms with van der Waals surface area (Å²) >= 11 is 6.57. The molecule has 3 aromatic carbocycles. The summed E-state index contributed by atoms with van der Waals surface area (Å²) in [5.41, 5.74) is 3.71. The lowest BCUT2D eigenvalue weighted by molar-refractivity contribution is 0.224. The van der Waals surface area contributed by atoms with E-state index in [1.807, 2.05) is 58.0 Å². The number of nitrogens with zero attached hydrogens (tertiary/aromatic N) is 3. The smallest absolute Gasteiger partial charge is 0.282 e. The Balaban J connectivity index is 1.93. The zero-order valence-electron chi connectivity index (χ0n) is 23.4. The number of para-hydroxylation sites is 1. The van der Waals surface area contributed by atoms with Crippen LogP contribution in [0.15, 0.2) is 58.4 Å². The molecule has 4 aromatic rings. The van der Waals surface area contributed by atoms with Crippen LogP contribution in [0.2, 0.25) is 5.02 Å². The first-order valence-electron chi connectivity index (χ1n) is 13.0. The van der Waals surface area contributed by atoms with E-state index in [9.17, 15) is 4.79 Å². The zero-order valence-corrected chi connectivity index (χ0v) is 24.2. The van der Waals surface area contributed by atoms with E-state index < -0.39 is 0 Å². The molecule has 0 radical (unpaired) electrons. The second-order valence-corrected chi connectivity index (χ2v) is 10.2. The number of hydrogen-bond acceptors (Lipinski definition) is 6. The van der Waals surface area contributed by atoms with Gasteiger partial charge in [-0.1, -0.05) is 37.6 Å². The van der Waals surface area contributed by atoms with Crippen LogP contribution in [-0.2, 0) is 0 Å². The van der Waals surface area contributed by atoms with Gasteiger partial charge in [0.25, 0.3) is 5.56 Å². The second-order valence-electron chi connectivity index (χ2n) is 9.81. The third-order valence-corrected chi connectivity index (χ3v) is 6.48. The highest BCUT2D eigenvalue weighted by atomic mass is 35.5. The topological polar surface area (TPSA) is 74.9 Å². The Labute approximate surface area is 234 Å². The van der Waals surface area contributed by atoms with Crippen LogP contribution in [0, 0.1) is 6.92 Å². The molecular weight excluding hydrogens is 514 g/mol. The number of halogens is 1. The molecule has 0 N–H and O–H groups in total. The van der Waals surface area contributed by atoms with Gasteiger partial charge in [0, 0.05) is 5.56 Å². The van der Waals surface area contributed by atoms with Crippen molar-refractivity contribution in [2.24, 2.45) is 5.10 Å². The van der Waals surface area contributed by atoms with Crippen molar-refractivity contribution in [3.63, 3.8) is 0 Å². The van der Waals surface area contributed by atoms with Gasteiger partial charge in [-0.15, -0.1) is 0 Å². The minimum absolute atomic E-state index is 0.0745. The van der Waals surface area contributed by atoms with Gasteiger partial charge in [0.05, 0.1) is 42.0 Å². The molecule has 0 saturated heterocycles. The van der Waals surface area contributed by atoms with E-state index in [0.717, 1.165) is 22.4 Å². The van der Waals surface area contributed by atoms with Crippen LogP contribution in [0.25, 0.3) is 22.3 Å². The summed E-state index contributed by atoms with van der Waals surface area (Å²) in [5.74, 6) is 2.43. The SMILES string of the molecule is CCOc1cc(C=Nn2c(-c3cc(C(C)C)c(OC)cc3C)nc3ccccc3c2=O)cc(Cl)c1OC(C)C. The first kappa shape index (κ1) is 28.2. The quantitative estimate of drug-likeness (QED) is 0.207. The van der Waals surface area contributed by atoms with Crippen LogP contribution in [0.5, 0.6) is 17.2 Å². The van der Waals surface area contributed by atoms with Crippen LogP contribution in [-0.4, -0.2) is 35.7 Å². The molecule has 0 bridgehead atoms. The van der Waals surface area contributed by atoms with E-state index >= 15 is 0 Å². The van der Waals surface area contributed by atoms with Crippen molar-refractivity contribution in [3.05, 3.63) is 80.6 Å². The van der Waals surface area contributed by atoms with Gasteiger partial charge in [-0.2, -0.15) is 9.78 Å². The van der Waals surface area contributed by atoms with Gasteiger partial charge in [-0.3, -0.25) is 4.79 Å². The maximum absolute atomic E-state index is 13.7. The summed E-state index contributed by atoms with van der Waals surface area (Å²) in [6.45, 7) is 12.4. The van der Waals surface area contributed by atoms with Crippen LogP contribution in [0.3, 0.4) is 0 Å². The summed E-state index contributed by atoms with van der Waals surface area (Å²) < 4.78 is 18.6. The van der Waals surface area contributed by atoms with Crippen LogP contribution in [0.1, 0.15) is 57.2 Å². The van der Waals surface area contributed by atoms with Gasteiger partial charge in [0.2, 0.25) is 0 Å². The molecule has 0 fully saturated rings. The number of aromatic nitrogens is 2. The molecule has 0 spiro atoms. The van der Waals surface area contributed by atoms with Crippen LogP contribution in [0.4, 0.5) is 0 Å². The fraction of sp³-hybridized carbons (Fsp3) is 0.323. The first-order chi connectivity index (χ1) is 18.6. The normalized spacial score (nSPS) is 11.6. The average molecular weight is 548 g/mol. The molecule has 0 aliphatic rings. The van der Waals surface area contributed by atoms with Gasteiger partial charge < -0.3 is 14.2 Å². The Morgan fingerprint density at radius 2 is 1.82 bits per heavy atom. The molecule has 7 nitrogen and oxygen atoms in total. The van der Waals surface area contributed by atoms with E-state index in [1.165, 1.54) is 4.68 Å². The number of ether oxygens (including phenoxy) is 3.